The quantitative estimate of drug-likeness (QED) is 0.790. The van der Waals surface area contributed by atoms with Gasteiger partial charge in [-0.25, -0.2) is 4.79 Å². The number of carbonyl (C=O) groups is 2. The molecule has 2 aromatic heterocycles. The van der Waals surface area contributed by atoms with Crippen LogP contribution in [0.15, 0.2) is 6.20 Å². The van der Waals surface area contributed by atoms with Gasteiger partial charge in [-0.1, -0.05) is 0 Å². The number of aromatic carboxylic acids is 1. The summed E-state index contributed by atoms with van der Waals surface area (Å²) in [4.78, 5) is 26.1. The molecule has 2 rings (SSSR count). The standard InChI is InChI=1S/C14H18N4O3/c1-7-11(8(2)17-12(7)14(20)21)13(19)15-5-10-6-16-18(4)9(10)3/h6,17H,5H2,1-4H3,(H,15,19)(H,20,21). The first-order valence-corrected chi connectivity index (χ1v) is 6.51. The highest BCUT2D eigenvalue weighted by Gasteiger charge is 2.21. The van der Waals surface area contributed by atoms with Crippen molar-refractivity contribution >= 4 is 11.9 Å². The number of aromatic nitrogens is 3. The Labute approximate surface area is 122 Å². The first-order chi connectivity index (χ1) is 9.82. The fraction of sp³-hybridized carbons (Fsp3) is 0.357. The molecule has 0 aliphatic heterocycles. The maximum absolute atomic E-state index is 12.3. The van der Waals surface area contributed by atoms with Gasteiger partial charge in [-0.15, -0.1) is 0 Å². The fourth-order valence-electron chi connectivity index (χ4n) is 2.29. The molecule has 0 bridgehead atoms. The van der Waals surface area contributed by atoms with E-state index in [-0.39, 0.29) is 11.6 Å². The van der Waals surface area contributed by atoms with E-state index in [1.807, 2.05) is 14.0 Å². The van der Waals surface area contributed by atoms with Crippen molar-refractivity contribution in [1.82, 2.24) is 20.1 Å². The number of rotatable bonds is 4. The highest BCUT2D eigenvalue weighted by Crippen LogP contribution is 2.18. The zero-order chi connectivity index (χ0) is 15.7. The number of aryl methyl sites for hydroxylation is 2. The molecule has 0 unspecified atom stereocenters. The average Bonchev–Trinajstić information content (AvgIpc) is 2.89. The molecule has 7 heteroatoms. The van der Waals surface area contributed by atoms with Crippen molar-refractivity contribution in [3.05, 3.63) is 40.0 Å². The smallest absolute Gasteiger partial charge is 0.352 e. The minimum absolute atomic E-state index is 0.0511. The number of hydrogen-bond donors (Lipinski definition) is 3. The lowest BCUT2D eigenvalue weighted by atomic mass is 10.1. The van der Waals surface area contributed by atoms with E-state index in [0.29, 0.717) is 23.4 Å². The van der Waals surface area contributed by atoms with Crippen LogP contribution < -0.4 is 5.32 Å². The molecule has 0 aromatic carbocycles. The lowest BCUT2D eigenvalue weighted by Gasteiger charge is -2.06. The van der Waals surface area contributed by atoms with Crippen molar-refractivity contribution < 1.29 is 14.7 Å². The van der Waals surface area contributed by atoms with Crippen molar-refractivity contribution in [2.45, 2.75) is 27.3 Å². The summed E-state index contributed by atoms with van der Waals surface area (Å²) in [5.41, 5.74) is 3.33. The molecule has 7 nitrogen and oxygen atoms in total. The number of carboxylic acids is 1. The Balaban J connectivity index is 2.18. The molecule has 0 atom stereocenters. The summed E-state index contributed by atoms with van der Waals surface area (Å²) in [5.74, 6) is -1.37. The second kappa shape index (κ2) is 5.43. The van der Waals surface area contributed by atoms with E-state index in [2.05, 4.69) is 15.4 Å². The summed E-state index contributed by atoms with van der Waals surface area (Å²) in [6.07, 6.45) is 1.70. The van der Waals surface area contributed by atoms with E-state index < -0.39 is 5.97 Å². The Kier molecular flexibility index (Phi) is 3.84. The molecular weight excluding hydrogens is 272 g/mol. The molecule has 3 N–H and O–H groups in total. The molecular formula is C14H18N4O3. The molecule has 0 spiro atoms. The molecule has 0 saturated heterocycles. The number of aromatic amines is 1. The first kappa shape index (κ1) is 14.8. The van der Waals surface area contributed by atoms with Gasteiger partial charge in [0, 0.05) is 30.5 Å². The van der Waals surface area contributed by atoms with Crippen LogP contribution in [0, 0.1) is 20.8 Å². The number of hydrogen-bond acceptors (Lipinski definition) is 3. The number of H-pyrrole nitrogens is 1. The molecule has 2 heterocycles. The summed E-state index contributed by atoms with van der Waals surface area (Å²) >= 11 is 0. The van der Waals surface area contributed by atoms with Crippen LogP contribution in [-0.4, -0.2) is 31.7 Å². The average molecular weight is 290 g/mol. The van der Waals surface area contributed by atoms with Crippen LogP contribution in [0.3, 0.4) is 0 Å². The lowest BCUT2D eigenvalue weighted by Crippen LogP contribution is -2.24. The molecule has 2 aromatic rings. The Morgan fingerprint density at radius 2 is 2.05 bits per heavy atom. The van der Waals surface area contributed by atoms with Crippen molar-refractivity contribution in [1.29, 1.82) is 0 Å². The zero-order valence-corrected chi connectivity index (χ0v) is 12.4. The Hall–Kier alpha value is -2.57. The van der Waals surface area contributed by atoms with E-state index >= 15 is 0 Å². The molecule has 0 radical (unpaired) electrons. The molecule has 21 heavy (non-hydrogen) atoms. The van der Waals surface area contributed by atoms with Crippen LogP contribution in [0.1, 0.15) is 43.4 Å². The van der Waals surface area contributed by atoms with Gasteiger partial charge in [-0.3, -0.25) is 9.48 Å². The summed E-state index contributed by atoms with van der Waals surface area (Å²) < 4.78 is 1.73. The molecule has 0 saturated carbocycles. The van der Waals surface area contributed by atoms with E-state index in [9.17, 15) is 9.59 Å². The van der Waals surface area contributed by atoms with Gasteiger partial charge in [0.05, 0.1) is 11.8 Å². The van der Waals surface area contributed by atoms with Gasteiger partial charge in [-0.2, -0.15) is 5.10 Å². The summed E-state index contributed by atoms with van der Waals surface area (Å²) in [6.45, 7) is 5.58. The highest BCUT2D eigenvalue weighted by molar-refractivity contribution is 6.00. The SMILES string of the molecule is Cc1[nH]c(C(=O)O)c(C)c1C(=O)NCc1cnn(C)c1C. The van der Waals surface area contributed by atoms with Crippen LogP contribution >= 0.6 is 0 Å². The minimum Gasteiger partial charge on any atom is -0.477 e. The Bertz CT molecular complexity index is 712. The topological polar surface area (TPSA) is 100 Å². The normalized spacial score (nSPS) is 10.7. The van der Waals surface area contributed by atoms with Gasteiger partial charge in [0.25, 0.3) is 5.91 Å². The van der Waals surface area contributed by atoms with Crippen LogP contribution in [0.5, 0.6) is 0 Å². The van der Waals surface area contributed by atoms with Crippen LogP contribution in [-0.2, 0) is 13.6 Å². The predicted molar refractivity (Wildman–Crippen MR) is 76.3 cm³/mol. The van der Waals surface area contributed by atoms with Gasteiger partial charge in [-0.05, 0) is 26.3 Å². The third-order valence-corrected chi connectivity index (χ3v) is 3.65. The number of carbonyl (C=O) groups excluding carboxylic acids is 1. The summed E-state index contributed by atoms with van der Waals surface area (Å²) in [7, 11) is 1.83. The Morgan fingerprint density at radius 3 is 2.52 bits per heavy atom. The monoisotopic (exact) mass is 290 g/mol. The van der Waals surface area contributed by atoms with E-state index in [4.69, 9.17) is 5.11 Å². The van der Waals surface area contributed by atoms with Crippen LogP contribution in [0.2, 0.25) is 0 Å². The molecule has 0 fully saturated rings. The van der Waals surface area contributed by atoms with E-state index in [1.165, 1.54) is 0 Å². The van der Waals surface area contributed by atoms with Gasteiger partial charge >= 0.3 is 5.97 Å². The number of carboxylic acid groups (broad SMARTS) is 1. The van der Waals surface area contributed by atoms with Gasteiger partial charge in [0.2, 0.25) is 0 Å². The lowest BCUT2D eigenvalue weighted by molar-refractivity contribution is 0.0690. The molecule has 112 valence electrons. The molecule has 0 aliphatic carbocycles. The fourth-order valence-corrected chi connectivity index (χ4v) is 2.29. The number of amides is 1. The summed E-state index contributed by atoms with van der Waals surface area (Å²) in [5, 5.41) is 16.0. The van der Waals surface area contributed by atoms with Crippen molar-refractivity contribution in [3.63, 3.8) is 0 Å². The maximum Gasteiger partial charge on any atom is 0.352 e. The summed E-state index contributed by atoms with van der Waals surface area (Å²) in [6, 6.07) is 0. The zero-order valence-electron chi connectivity index (χ0n) is 12.4. The van der Waals surface area contributed by atoms with Gasteiger partial charge in [0.1, 0.15) is 5.69 Å². The highest BCUT2D eigenvalue weighted by atomic mass is 16.4. The van der Waals surface area contributed by atoms with Crippen molar-refractivity contribution in [3.8, 4) is 0 Å². The predicted octanol–water partition coefficient (Wildman–Crippen LogP) is 1.30. The Morgan fingerprint density at radius 1 is 1.38 bits per heavy atom. The number of nitrogens with zero attached hydrogens (tertiary/aromatic N) is 2. The van der Waals surface area contributed by atoms with E-state index in [0.717, 1.165) is 11.3 Å². The molecule has 0 aliphatic rings. The number of nitrogens with one attached hydrogen (secondary N) is 2. The van der Waals surface area contributed by atoms with Crippen molar-refractivity contribution in [2.75, 3.05) is 0 Å². The van der Waals surface area contributed by atoms with Crippen molar-refractivity contribution in [2.24, 2.45) is 7.05 Å². The first-order valence-electron chi connectivity index (χ1n) is 6.51. The largest absolute Gasteiger partial charge is 0.477 e. The van der Waals surface area contributed by atoms with Gasteiger partial charge in [0.15, 0.2) is 0 Å². The maximum atomic E-state index is 12.3. The van der Waals surface area contributed by atoms with Gasteiger partial charge < -0.3 is 15.4 Å². The second-order valence-electron chi connectivity index (χ2n) is 4.99. The van der Waals surface area contributed by atoms with Crippen LogP contribution in [0.25, 0.3) is 0 Å². The third kappa shape index (κ3) is 2.67. The second-order valence-corrected chi connectivity index (χ2v) is 4.99. The minimum atomic E-state index is -1.07. The van der Waals surface area contributed by atoms with E-state index in [1.54, 1.807) is 24.7 Å². The van der Waals surface area contributed by atoms with Crippen LogP contribution in [0.4, 0.5) is 0 Å². The molecule has 1 amide bonds. The third-order valence-electron chi connectivity index (χ3n) is 3.65.